The second-order valence-corrected chi connectivity index (χ2v) is 6.47. The van der Waals surface area contributed by atoms with Crippen LogP contribution in [0.15, 0.2) is 47.4 Å². The quantitative estimate of drug-likeness (QED) is 0.554. The van der Waals surface area contributed by atoms with E-state index in [2.05, 4.69) is 20.6 Å². The Morgan fingerprint density at radius 1 is 1.00 bits per heavy atom. The van der Waals surface area contributed by atoms with Gasteiger partial charge in [-0.15, -0.1) is 0 Å². The van der Waals surface area contributed by atoms with Gasteiger partial charge in [0.1, 0.15) is 11.2 Å². The molecule has 0 radical (unpaired) electrons. The third-order valence-electron chi connectivity index (χ3n) is 4.29. The summed E-state index contributed by atoms with van der Waals surface area (Å²) in [4.78, 5) is 43.7. The minimum atomic E-state index is -4.48. The van der Waals surface area contributed by atoms with E-state index in [0.29, 0.717) is 5.65 Å². The number of hydrogen-bond acceptors (Lipinski definition) is 4. The molecule has 0 bridgehead atoms. The third kappa shape index (κ3) is 4.65. The Kier molecular flexibility index (Phi) is 5.86. The highest BCUT2D eigenvalue weighted by Crippen LogP contribution is 2.29. The third-order valence-corrected chi connectivity index (χ3v) is 4.29. The van der Waals surface area contributed by atoms with Crippen LogP contribution in [-0.2, 0) is 6.18 Å². The molecular formula is C20H17F3N4O3. The number of benzene rings is 1. The lowest BCUT2D eigenvalue weighted by Crippen LogP contribution is -2.36. The smallest absolute Gasteiger partial charge is 0.350 e. The van der Waals surface area contributed by atoms with Crippen molar-refractivity contribution in [3.8, 4) is 0 Å². The zero-order valence-corrected chi connectivity index (χ0v) is 15.8. The van der Waals surface area contributed by atoms with Gasteiger partial charge in [0.05, 0.1) is 10.9 Å². The first-order valence-electron chi connectivity index (χ1n) is 8.89. The zero-order valence-electron chi connectivity index (χ0n) is 15.8. The van der Waals surface area contributed by atoms with E-state index in [-0.39, 0.29) is 29.6 Å². The second kappa shape index (κ2) is 8.36. The molecule has 7 nitrogen and oxygen atoms in total. The second-order valence-electron chi connectivity index (χ2n) is 6.47. The lowest BCUT2D eigenvalue weighted by Gasteiger charge is -2.09. The van der Waals surface area contributed by atoms with E-state index < -0.39 is 29.0 Å². The van der Waals surface area contributed by atoms with Crippen molar-refractivity contribution in [1.82, 2.24) is 20.6 Å². The number of amides is 2. The predicted octanol–water partition coefficient (Wildman–Crippen LogP) is 2.41. The van der Waals surface area contributed by atoms with Crippen molar-refractivity contribution in [3.05, 3.63) is 75.2 Å². The van der Waals surface area contributed by atoms with Crippen LogP contribution < -0.4 is 16.1 Å². The van der Waals surface area contributed by atoms with E-state index in [1.165, 1.54) is 6.20 Å². The van der Waals surface area contributed by atoms with E-state index in [4.69, 9.17) is 0 Å². The standard InChI is InChI=1S/C20H17F3N4O3/c1-11-2-7-14-16(28)15(10-26-17(14)27-11)19(30)25-9-8-24-18(29)12-3-5-13(6-4-12)20(21,22)23/h2-7,10H,8-9H2,1H3,(H,24,29)(H,25,30)(H,26,27,28). The largest absolute Gasteiger partial charge is 0.416 e. The summed E-state index contributed by atoms with van der Waals surface area (Å²) in [6, 6.07) is 7.02. The van der Waals surface area contributed by atoms with E-state index in [9.17, 15) is 27.6 Å². The van der Waals surface area contributed by atoms with Gasteiger partial charge < -0.3 is 15.6 Å². The number of aromatic amines is 1. The van der Waals surface area contributed by atoms with Gasteiger partial charge in [0.25, 0.3) is 11.8 Å². The van der Waals surface area contributed by atoms with Crippen molar-refractivity contribution in [2.45, 2.75) is 13.1 Å². The lowest BCUT2D eigenvalue weighted by atomic mass is 10.1. The van der Waals surface area contributed by atoms with E-state index in [1.807, 2.05) is 0 Å². The van der Waals surface area contributed by atoms with Gasteiger partial charge in [-0.1, -0.05) is 0 Å². The molecule has 2 heterocycles. The van der Waals surface area contributed by atoms with Crippen LogP contribution >= 0.6 is 0 Å². The zero-order chi connectivity index (χ0) is 21.9. The van der Waals surface area contributed by atoms with E-state index in [0.717, 1.165) is 30.0 Å². The molecule has 0 atom stereocenters. The first-order chi connectivity index (χ1) is 14.2. The summed E-state index contributed by atoms with van der Waals surface area (Å²) in [6.45, 7) is 1.82. The minimum Gasteiger partial charge on any atom is -0.350 e. The molecule has 2 amide bonds. The Bertz CT molecular complexity index is 1150. The van der Waals surface area contributed by atoms with Crippen LogP contribution in [0, 0.1) is 6.92 Å². The summed E-state index contributed by atoms with van der Waals surface area (Å²) >= 11 is 0. The molecule has 156 valence electrons. The van der Waals surface area contributed by atoms with Crippen LogP contribution in [-0.4, -0.2) is 34.9 Å². The Morgan fingerprint density at radius 3 is 2.27 bits per heavy atom. The predicted molar refractivity (Wildman–Crippen MR) is 103 cm³/mol. The van der Waals surface area contributed by atoms with E-state index >= 15 is 0 Å². The molecule has 1 aromatic carbocycles. The number of alkyl halides is 3. The highest BCUT2D eigenvalue weighted by molar-refractivity contribution is 5.97. The van der Waals surface area contributed by atoms with Gasteiger partial charge in [0.2, 0.25) is 5.43 Å². The van der Waals surface area contributed by atoms with Crippen molar-refractivity contribution >= 4 is 22.8 Å². The molecule has 3 rings (SSSR count). The average molecular weight is 418 g/mol. The molecule has 10 heteroatoms. The number of nitrogens with one attached hydrogen (secondary N) is 3. The van der Waals surface area contributed by atoms with Crippen LogP contribution in [0.4, 0.5) is 13.2 Å². The topological polar surface area (TPSA) is 104 Å². The molecule has 0 spiro atoms. The summed E-state index contributed by atoms with van der Waals surface area (Å²) in [5.41, 5.74) is -0.260. The molecule has 3 N–H and O–H groups in total. The van der Waals surface area contributed by atoms with Gasteiger partial charge in [-0.25, -0.2) is 4.98 Å². The molecule has 0 saturated carbocycles. The summed E-state index contributed by atoms with van der Waals surface area (Å²) < 4.78 is 37.6. The van der Waals surface area contributed by atoms with Gasteiger partial charge >= 0.3 is 6.18 Å². The summed E-state index contributed by atoms with van der Waals surface area (Å²) in [5, 5.41) is 5.27. The molecular weight excluding hydrogens is 401 g/mol. The fourth-order valence-corrected chi connectivity index (χ4v) is 2.73. The fourth-order valence-electron chi connectivity index (χ4n) is 2.73. The molecule has 3 aromatic rings. The van der Waals surface area contributed by atoms with Crippen molar-refractivity contribution in [3.63, 3.8) is 0 Å². The highest BCUT2D eigenvalue weighted by Gasteiger charge is 2.30. The molecule has 0 aliphatic carbocycles. The minimum absolute atomic E-state index is 0.0227. The molecule has 2 aromatic heterocycles. The maximum absolute atomic E-state index is 12.5. The Balaban J connectivity index is 1.55. The number of halogens is 3. The highest BCUT2D eigenvalue weighted by atomic mass is 19.4. The molecule has 0 aliphatic heterocycles. The SMILES string of the molecule is Cc1ccc2c(=O)c(C(=O)NCCNC(=O)c3ccc(C(F)(F)F)cc3)c[nH]c2n1. The number of fused-ring (bicyclic) bond motifs is 1. The van der Waals surface area contributed by atoms with Gasteiger partial charge in [-0.3, -0.25) is 14.4 Å². The molecule has 0 fully saturated rings. The van der Waals surface area contributed by atoms with Crippen molar-refractivity contribution < 1.29 is 22.8 Å². The first-order valence-corrected chi connectivity index (χ1v) is 8.89. The number of carbonyl (C=O) groups excluding carboxylic acids is 2. The average Bonchev–Trinajstić information content (AvgIpc) is 2.70. The van der Waals surface area contributed by atoms with E-state index in [1.54, 1.807) is 19.1 Å². The molecule has 30 heavy (non-hydrogen) atoms. The summed E-state index contributed by atoms with van der Waals surface area (Å²) in [5.74, 6) is -1.20. The Labute approximate surface area is 168 Å². The van der Waals surface area contributed by atoms with Gasteiger partial charge in [-0.2, -0.15) is 13.2 Å². The number of carbonyl (C=O) groups is 2. The lowest BCUT2D eigenvalue weighted by molar-refractivity contribution is -0.137. The Morgan fingerprint density at radius 2 is 1.63 bits per heavy atom. The van der Waals surface area contributed by atoms with Crippen molar-refractivity contribution in [1.29, 1.82) is 0 Å². The number of H-pyrrole nitrogens is 1. The van der Waals surface area contributed by atoms with Gasteiger partial charge in [-0.05, 0) is 43.3 Å². The first kappa shape index (κ1) is 21.0. The molecule has 0 unspecified atom stereocenters. The fraction of sp³-hybridized carbons (Fsp3) is 0.200. The van der Waals surface area contributed by atoms with Crippen LogP contribution in [0.1, 0.15) is 32.0 Å². The summed E-state index contributed by atoms with van der Waals surface area (Å²) in [7, 11) is 0. The maximum atomic E-state index is 12.5. The van der Waals surface area contributed by atoms with Crippen molar-refractivity contribution in [2.75, 3.05) is 13.1 Å². The monoisotopic (exact) mass is 418 g/mol. The van der Waals surface area contributed by atoms with Crippen LogP contribution in [0.5, 0.6) is 0 Å². The van der Waals surface area contributed by atoms with Crippen LogP contribution in [0.2, 0.25) is 0 Å². The molecule has 0 aliphatic rings. The summed E-state index contributed by atoms with van der Waals surface area (Å²) in [6.07, 6.45) is -3.21. The van der Waals surface area contributed by atoms with Crippen LogP contribution in [0.25, 0.3) is 11.0 Å². The van der Waals surface area contributed by atoms with Crippen molar-refractivity contribution in [2.24, 2.45) is 0 Å². The van der Waals surface area contributed by atoms with Gasteiger partial charge in [0, 0.05) is 30.5 Å². The number of hydrogen-bond donors (Lipinski definition) is 3. The maximum Gasteiger partial charge on any atom is 0.416 e. The molecule has 0 saturated heterocycles. The van der Waals surface area contributed by atoms with Gasteiger partial charge in [0.15, 0.2) is 0 Å². The number of pyridine rings is 2. The Hall–Kier alpha value is -3.69. The number of nitrogens with zero attached hydrogens (tertiary/aromatic N) is 1. The normalized spacial score (nSPS) is 11.3. The number of aryl methyl sites for hydroxylation is 1. The number of aromatic nitrogens is 2. The van der Waals surface area contributed by atoms with Crippen LogP contribution in [0.3, 0.4) is 0 Å². The number of rotatable bonds is 5.